The SMILES string of the molecule is CC[C@@](COC(=O)c1cc(OC)c(OC)c(OC)c1)(c1ccccc1)N(C)C(=O)Oc1ccc(Cl)cc1. The quantitative estimate of drug-likeness (QED) is 0.301. The third-order valence-corrected chi connectivity index (χ3v) is 6.43. The van der Waals surface area contributed by atoms with E-state index in [9.17, 15) is 9.59 Å². The number of carbonyl (C=O) groups excluding carboxylic acids is 2. The molecule has 0 aliphatic heterocycles. The molecule has 3 aromatic rings. The lowest BCUT2D eigenvalue weighted by Gasteiger charge is -2.40. The molecule has 3 aromatic carbocycles. The summed E-state index contributed by atoms with van der Waals surface area (Å²) in [7, 11) is 6.02. The Hall–Kier alpha value is -3.91. The lowest BCUT2D eigenvalue weighted by atomic mass is 9.86. The van der Waals surface area contributed by atoms with Crippen molar-refractivity contribution in [2.24, 2.45) is 0 Å². The van der Waals surface area contributed by atoms with Gasteiger partial charge in [-0.15, -0.1) is 0 Å². The number of ether oxygens (including phenoxy) is 5. The van der Waals surface area contributed by atoms with Crippen LogP contribution in [0.25, 0.3) is 0 Å². The van der Waals surface area contributed by atoms with Crippen LogP contribution in [-0.4, -0.2) is 51.9 Å². The molecule has 0 aliphatic rings. The fourth-order valence-electron chi connectivity index (χ4n) is 3.98. The first-order chi connectivity index (χ1) is 17.8. The average molecular weight is 528 g/mol. The van der Waals surface area contributed by atoms with Gasteiger partial charge in [-0.1, -0.05) is 48.9 Å². The van der Waals surface area contributed by atoms with E-state index in [2.05, 4.69) is 0 Å². The van der Waals surface area contributed by atoms with Gasteiger partial charge in [0.15, 0.2) is 11.5 Å². The molecular formula is C28H30ClNO7. The second-order valence-electron chi connectivity index (χ2n) is 8.12. The van der Waals surface area contributed by atoms with E-state index in [0.717, 1.165) is 5.56 Å². The van der Waals surface area contributed by atoms with Gasteiger partial charge in [-0.25, -0.2) is 9.59 Å². The molecule has 0 saturated heterocycles. The number of benzene rings is 3. The molecule has 0 bridgehead atoms. The smallest absolute Gasteiger partial charge is 0.415 e. The van der Waals surface area contributed by atoms with E-state index in [-0.39, 0.29) is 12.2 Å². The maximum atomic E-state index is 13.2. The highest BCUT2D eigenvalue weighted by atomic mass is 35.5. The fourth-order valence-corrected chi connectivity index (χ4v) is 4.11. The van der Waals surface area contributed by atoms with Gasteiger partial charge >= 0.3 is 12.1 Å². The molecule has 0 radical (unpaired) electrons. The maximum Gasteiger partial charge on any atom is 0.415 e. The van der Waals surface area contributed by atoms with Crippen molar-refractivity contribution >= 4 is 23.7 Å². The van der Waals surface area contributed by atoms with Crippen LogP contribution in [0.1, 0.15) is 29.3 Å². The molecule has 0 aromatic heterocycles. The van der Waals surface area contributed by atoms with Crippen LogP contribution in [0.15, 0.2) is 66.7 Å². The first-order valence-corrected chi connectivity index (χ1v) is 11.9. The van der Waals surface area contributed by atoms with Gasteiger partial charge < -0.3 is 23.7 Å². The van der Waals surface area contributed by atoms with Crippen molar-refractivity contribution in [2.75, 3.05) is 35.0 Å². The first-order valence-electron chi connectivity index (χ1n) is 11.5. The van der Waals surface area contributed by atoms with Crippen molar-refractivity contribution in [1.82, 2.24) is 4.90 Å². The highest BCUT2D eigenvalue weighted by Gasteiger charge is 2.40. The highest BCUT2D eigenvalue weighted by molar-refractivity contribution is 6.30. The standard InChI is InChI=1S/C28H30ClNO7/c1-6-28(20-10-8-7-9-11-20,30(2)27(32)37-22-14-12-21(29)13-15-22)18-36-26(31)19-16-23(33-3)25(35-5)24(17-19)34-4/h7-17H,6,18H2,1-5H3/t28-/m1/s1. The van der Waals surface area contributed by atoms with Crippen molar-refractivity contribution in [3.8, 4) is 23.0 Å². The second-order valence-corrected chi connectivity index (χ2v) is 8.56. The molecular weight excluding hydrogens is 498 g/mol. The number of amides is 1. The normalized spacial score (nSPS) is 12.2. The Labute approximate surface area is 221 Å². The van der Waals surface area contributed by atoms with Crippen LogP contribution < -0.4 is 18.9 Å². The highest BCUT2D eigenvalue weighted by Crippen LogP contribution is 2.39. The molecule has 0 fully saturated rings. The lowest BCUT2D eigenvalue weighted by molar-refractivity contribution is 0.00886. The van der Waals surface area contributed by atoms with Gasteiger partial charge in [0.05, 0.1) is 26.9 Å². The largest absolute Gasteiger partial charge is 0.493 e. The van der Waals surface area contributed by atoms with Crippen molar-refractivity contribution < 1.29 is 33.3 Å². The van der Waals surface area contributed by atoms with E-state index in [0.29, 0.717) is 34.4 Å². The third kappa shape index (κ3) is 6.09. The molecule has 1 atom stereocenters. The molecule has 9 heteroatoms. The summed E-state index contributed by atoms with van der Waals surface area (Å²) < 4.78 is 27.4. The number of nitrogens with zero attached hydrogens (tertiary/aromatic N) is 1. The van der Waals surface area contributed by atoms with E-state index in [4.69, 9.17) is 35.3 Å². The van der Waals surface area contributed by atoms with E-state index < -0.39 is 17.6 Å². The second kappa shape index (κ2) is 12.4. The molecule has 0 aliphatic carbocycles. The van der Waals surface area contributed by atoms with E-state index in [1.165, 1.54) is 38.4 Å². The number of likely N-dealkylation sites (N-methyl/N-ethyl adjacent to an activating group) is 1. The average Bonchev–Trinajstić information content (AvgIpc) is 2.94. The van der Waals surface area contributed by atoms with Gasteiger partial charge in [-0.2, -0.15) is 0 Å². The number of halogens is 1. The van der Waals surface area contributed by atoms with Gasteiger partial charge in [-0.3, -0.25) is 4.90 Å². The number of esters is 1. The molecule has 37 heavy (non-hydrogen) atoms. The van der Waals surface area contributed by atoms with Crippen LogP contribution in [0.2, 0.25) is 5.02 Å². The summed E-state index contributed by atoms with van der Waals surface area (Å²) in [4.78, 5) is 27.8. The first kappa shape index (κ1) is 27.7. The molecule has 0 saturated carbocycles. The molecule has 3 rings (SSSR count). The van der Waals surface area contributed by atoms with Gasteiger partial charge in [0.2, 0.25) is 5.75 Å². The topological polar surface area (TPSA) is 83.5 Å². The number of rotatable bonds is 10. The van der Waals surface area contributed by atoms with Crippen LogP contribution in [0.4, 0.5) is 4.79 Å². The van der Waals surface area contributed by atoms with E-state index in [1.54, 1.807) is 31.3 Å². The van der Waals surface area contributed by atoms with Crippen LogP contribution in [0.5, 0.6) is 23.0 Å². The summed E-state index contributed by atoms with van der Waals surface area (Å²) >= 11 is 5.94. The zero-order chi connectivity index (χ0) is 27.0. The Bertz CT molecular complexity index is 1190. The molecule has 0 unspecified atom stereocenters. The number of hydrogen-bond acceptors (Lipinski definition) is 7. The zero-order valence-electron chi connectivity index (χ0n) is 21.4. The minimum absolute atomic E-state index is 0.130. The predicted molar refractivity (Wildman–Crippen MR) is 140 cm³/mol. The van der Waals surface area contributed by atoms with Crippen molar-refractivity contribution in [3.63, 3.8) is 0 Å². The predicted octanol–water partition coefficient (Wildman–Crippen LogP) is 5.96. The summed E-state index contributed by atoms with van der Waals surface area (Å²) in [5.74, 6) is 0.726. The molecule has 8 nitrogen and oxygen atoms in total. The van der Waals surface area contributed by atoms with Gasteiger partial charge in [-0.05, 0) is 48.4 Å². The summed E-state index contributed by atoms with van der Waals surface area (Å²) in [6.07, 6.45) is -0.178. The Morgan fingerprint density at radius 2 is 1.49 bits per heavy atom. The van der Waals surface area contributed by atoms with Crippen molar-refractivity contribution in [2.45, 2.75) is 18.9 Å². The zero-order valence-corrected chi connectivity index (χ0v) is 22.2. The van der Waals surface area contributed by atoms with E-state index in [1.807, 2.05) is 37.3 Å². The van der Waals surface area contributed by atoms with Crippen molar-refractivity contribution in [3.05, 3.63) is 82.9 Å². The molecule has 196 valence electrons. The molecule has 1 amide bonds. The van der Waals surface area contributed by atoms with Gasteiger partial charge in [0, 0.05) is 12.1 Å². The van der Waals surface area contributed by atoms with Crippen LogP contribution in [0.3, 0.4) is 0 Å². The van der Waals surface area contributed by atoms with Crippen LogP contribution >= 0.6 is 11.6 Å². The molecule has 0 N–H and O–H groups in total. The van der Waals surface area contributed by atoms with Gasteiger partial charge in [0.25, 0.3) is 0 Å². The minimum atomic E-state index is -1.01. The molecule has 0 heterocycles. The minimum Gasteiger partial charge on any atom is -0.493 e. The Morgan fingerprint density at radius 3 is 2.00 bits per heavy atom. The lowest BCUT2D eigenvalue weighted by Crippen LogP contribution is -2.51. The number of methoxy groups -OCH3 is 3. The Balaban J connectivity index is 1.91. The Morgan fingerprint density at radius 1 is 0.892 bits per heavy atom. The monoisotopic (exact) mass is 527 g/mol. The third-order valence-electron chi connectivity index (χ3n) is 6.17. The summed E-state index contributed by atoms with van der Waals surface area (Å²) in [5.41, 5.74) is -0.0224. The van der Waals surface area contributed by atoms with Crippen LogP contribution in [-0.2, 0) is 10.3 Å². The van der Waals surface area contributed by atoms with Crippen molar-refractivity contribution in [1.29, 1.82) is 0 Å². The van der Waals surface area contributed by atoms with Gasteiger partial charge in [0.1, 0.15) is 17.9 Å². The fraction of sp³-hybridized carbons (Fsp3) is 0.286. The Kier molecular flexibility index (Phi) is 9.25. The number of carbonyl (C=O) groups is 2. The number of hydrogen-bond donors (Lipinski definition) is 0. The summed E-state index contributed by atoms with van der Waals surface area (Å²) in [6, 6.07) is 18.9. The van der Waals surface area contributed by atoms with E-state index >= 15 is 0 Å². The maximum absolute atomic E-state index is 13.2. The molecule has 0 spiro atoms. The summed E-state index contributed by atoms with van der Waals surface area (Å²) in [6.45, 7) is 1.78. The summed E-state index contributed by atoms with van der Waals surface area (Å²) in [5, 5.41) is 0.527. The van der Waals surface area contributed by atoms with Crippen LogP contribution in [0, 0.1) is 0 Å².